The molecule has 0 N–H and O–H groups in total. The van der Waals surface area contributed by atoms with Gasteiger partial charge in [-0.2, -0.15) is 0 Å². The SMILES string of the molecule is CO[Si](CCCCCCCCCCCCCCCCCCCCCCCCCCCCCCCCBr)(OC)OC. The maximum atomic E-state index is 5.50. The highest BCUT2D eigenvalue weighted by Crippen LogP contribution is 2.19. The zero-order chi connectivity index (χ0) is 29.2. The minimum absolute atomic E-state index is 0.940. The molecular weight excluding hydrogens is 576 g/mol. The highest BCUT2D eigenvalue weighted by molar-refractivity contribution is 9.09. The van der Waals surface area contributed by atoms with Gasteiger partial charge in [-0.05, 0) is 12.8 Å². The molecule has 0 rings (SSSR count). The molecule has 0 aliphatic heterocycles. The minimum Gasteiger partial charge on any atom is -0.377 e. The number of halogens is 1. The summed E-state index contributed by atoms with van der Waals surface area (Å²) in [6.07, 6.45) is 43.0. The molecule has 0 amide bonds. The van der Waals surface area contributed by atoms with Crippen LogP contribution in [-0.2, 0) is 13.3 Å². The summed E-state index contributed by atoms with van der Waals surface area (Å²) in [5.74, 6) is 0. The van der Waals surface area contributed by atoms with E-state index in [9.17, 15) is 0 Å². The van der Waals surface area contributed by atoms with Gasteiger partial charge < -0.3 is 13.3 Å². The summed E-state index contributed by atoms with van der Waals surface area (Å²) in [4.78, 5) is 0. The standard InChI is InChI=1S/C35H73BrO3Si/c1-37-40(38-2,39-3)35-33-31-29-27-25-23-21-19-17-15-13-11-9-7-5-4-6-8-10-12-14-16-18-20-22-24-26-28-30-32-34-36/h4-35H2,1-3H3. The molecule has 0 radical (unpaired) electrons. The average molecular weight is 650 g/mol. The first-order valence-electron chi connectivity index (χ1n) is 18.0. The number of hydrogen-bond donors (Lipinski definition) is 0. The Morgan fingerprint density at radius 2 is 0.475 bits per heavy atom. The highest BCUT2D eigenvalue weighted by atomic mass is 79.9. The van der Waals surface area contributed by atoms with Crippen molar-refractivity contribution in [1.29, 1.82) is 0 Å². The van der Waals surface area contributed by atoms with Crippen molar-refractivity contribution < 1.29 is 13.3 Å². The predicted octanol–water partition coefficient (Wildman–Crippen LogP) is 13.0. The highest BCUT2D eigenvalue weighted by Gasteiger charge is 2.36. The molecule has 0 saturated heterocycles. The Hall–Kier alpha value is 0.577. The van der Waals surface area contributed by atoms with Crippen molar-refractivity contribution in [2.24, 2.45) is 0 Å². The van der Waals surface area contributed by atoms with Crippen LogP contribution >= 0.6 is 15.9 Å². The van der Waals surface area contributed by atoms with Crippen molar-refractivity contribution in [2.45, 2.75) is 199 Å². The van der Waals surface area contributed by atoms with Crippen LogP contribution in [-0.4, -0.2) is 35.5 Å². The van der Waals surface area contributed by atoms with Gasteiger partial charge in [-0.3, -0.25) is 0 Å². The van der Waals surface area contributed by atoms with Crippen LogP contribution in [0.5, 0.6) is 0 Å². The molecule has 0 aromatic heterocycles. The van der Waals surface area contributed by atoms with Gasteiger partial charge in [0.25, 0.3) is 0 Å². The van der Waals surface area contributed by atoms with Crippen LogP contribution < -0.4 is 0 Å². The lowest BCUT2D eigenvalue weighted by Gasteiger charge is -2.24. The van der Waals surface area contributed by atoms with E-state index in [1.165, 1.54) is 192 Å². The molecule has 242 valence electrons. The number of unbranched alkanes of at least 4 members (excludes halogenated alkanes) is 29. The van der Waals surface area contributed by atoms with Crippen molar-refractivity contribution in [3.8, 4) is 0 Å². The van der Waals surface area contributed by atoms with Crippen LogP contribution in [0.4, 0.5) is 0 Å². The van der Waals surface area contributed by atoms with Gasteiger partial charge in [0.2, 0.25) is 0 Å². The largest absolute Gasteiger partial charge is 0.500 e. The first-order chi connectivity index (χ1) is 19.7. The molecule has 0 atom stereocenters. The molecule has 0 heterocycles. The van der Waals surface area contributed by atoms with Crippen LogP contribution in [0.15, 0.2) is 0 Å². The molecule has 0 fully saturated rings. The first kappa shape index (κ1) is 40.6. The van der Waals surface area contributed by atoms with Gasteiger partial charge in [0.15, 0.2) is 0 Å². The van der Waals surface area contributed by atoms with Gasteiger partial charge >= 0.3 is 8.80 Å². The van der Waals surface area contributed by atoms with Gasteiger partial charge in [-0.25, -0.2) is 0 Å². The molecule has 0 unspecified atom stereocenters. The fraction of sp³-hybridized carbons (Fsp3) is 1.00. The van der Waals surface area contributed by atoms with E-state index >= 15 is 0 Å². The van der Waals surface area contributed by atoms with Crippen molar-refractivity contribution in [3.05, 3.63) is 0 Å². The fourth-order valence-corrected chi connectivity index (χ4v) is 8.13. The van der Waals surface area contributed by atoms with E-state index in [4.69, 9.17) is 13.3 Å². The number of rotatable bonds is 35. The van der Waals surface area contributed by atoms with Crippen LogP contribution in [0.25, 0.3) is 0 Å². The van der Waals surface area contributed by atoms with E-state index in [0.29, 0.717) is 0 Å². The molecule has 0 aliphatic rings. The molecule has 0 aromatic carbocycles. The van der Waals surface area contributed by atoms with Crippen molar-refractivity contribution in [3.63, 3.8) is 0 Å². The first-order valence-corrected chi connectivity index (χ1v) is 21.0. The third-order valence-corrected chi connectivity index (χ3v) is 12.2. The lowest BCUT2D eigenvalue weighted by molar-refractivity contribution is 0.122. The third kappa shape index (κ3) is 28.7. The second-order valence-electron chi connectivity index (χ2n) is 12.3. The Labute approximate surface area is 262 Å². The van der Waals surface area contributed by atoms with Gasteiger partial charge in [0.1, 0.15) is 0 Å². The maximum Gasteiger partial charge on any atom is 0.500 e. The Kier molecular flexibility index (Phi) is 34.6. The topological polar surface area (TPSA) is 27.7 Å². The van der Waals surface area contributed by atoms with E-state index < -0.39 is 8.80 Å². The normalized spacial score (nSPS) is 12.0. The van der Waals surface area contributed by atoms with E-state index in [1.54, 1.807) is 21.3 Å². The lowest BCUT2D eigenvalue weighted by Crippen LogP contribution is -2.42. The third-order valence-electron chi connectivity index (χ3n) is 8.80. The Morgan fingerprint density at radius 3 is 0.650 bits per heavy atom. The molecule has 5 heteroatoms. The average Bonchev–Trinajstić information content (AvgIpc) is 2.98. The van der Waals surface area contributed by atoms with Gasteiger partial charge in [-0.15, -0.1) is 0 Å². The molecule has 0 aromatic rings. The molecule has 3 nitrogen and oxygen atoms in total. The van der Waals surface area contributed by atoms with Gasteiger partial charge in [0.05, 0.1) is 0 Å². The minimum atomic E-state index is -2.34. The van der Waals surface area contributed by atoms with Gasteiger partial charge in [-0.1, -0.05) is 196 Å². The van der Waals surface area contributed by atoms with Crippen molar-refractivity contribution >= 4 is 24.7 Å². The monoisotopic (exact) mass is 648 g/mol. The molecule has 0 bridgehead atoms. The molecule has 0 saturated carbocycles. The van der Waals surface area contributed by atoms with Crippen LogP contribution in [0, 0.1) is 0 Å². The van der Waals surface area contributed by atoms with Crippen molar-refractivity contribution in [1.82, 2.24) is 0 Å². The summed E-state index contributed by atoms with van der Waals surface area (Å²) < 4.78 is 16.5. The lowest BCUT2D eigenvalue weighted by atomic mass is 10.0. The van der Waals surface area contributed by atoms with Crippen LogP contribution in [0.1, 0.15) is 193 Å². The van der Waals surface area contributed by atoms with Gasteiger partial charge in [0, 0.05) is 32.7 Å². The Morgan fingerprint density at radius 1 is 0.300 bits per heavy atom. The van der Waals surface area contributed by atoms with Crippen molar-refractivity contribution in [2.75, 3.05) is 26.7 Å². The fourth-order valence-electron chi connectivity index (χ4n) is 5.94. The van der Waals surface area contributed by atoms with E-state index in [2.05, 4.69) is 15.9 Å². The Balaban J connectivity index is 3.12. The number of alkyl halides is 1. The number of hydrogen-bond acceptors (Lipinski definition) is 3. The summed E-state index contributed by atoms with van der Waals surface area (Å²) in [5, 5.41) is 1.18. The zero-order valence-corrected chi connectivity index (χ0v) is 30.3. The molecule has 0 aliphatic carbocycles. The Bertz CT molecular complexity index is 454. The molecule has 0 spiro atoms. The van der Waals surface area contributed by atoms with E-state index in [0.717, 1.165) is 12.5 Å². The quantitative estimate of drug-likeness (QED) is 0.0388. The van der Waals surface area contributed by atoms with E-state index in [1.807, 2.05) is 0 Å². The second kappa shape index (κ2) is 34.1. The van der Waals surface area contributed by atoms with Crippen LogP contribution in [0.2, 0.25) is 6.04 Å². The summed E-state index contributed by atoms with van der Waals surface area (Å²) in [5.41, 5.74) is 0. The second-order valence-corrected chi connectivity index (χ2v) is 16.2. The summed E-state index contributed by atoms with van der Waals surface area (Å²) in [6, 6.07) is 0.940. The summed E-state index contributed by atoms with van der Waals surface area (Å²) >= 11 is 3.52. The molecule has 40 heavy (non-hydrogen) atoms. The predicted molar refractivity (Wildman–Crippen MR) is 184 cm³/mol. The summed E-state index contributed by atoms with van der Waals surface area (Å²) in [7, 11) is 2.79. The maximum absolute atomic E-state index is 5.50. The smallest absolute Gasteiger partial charge is 0.377 e. The molecular formula is C35H73BrO3Si. The van der Waals surface area contributed by atoms with Crippen LogP contribution in [0.3, 0.4) is 0 Å². The summed E-state index contributed by atoms with van der Waals surface area (Å²) in [6.45, 7) is 0. The zero-order valence-electron chi connectivity index (χ0n) is 27.7. The van der Waals surface area contributed by atoms with E-state index in [-0.39, 0.29) is 0 Å².